The standard InChI is InChI=1S/C49H29N3O/c1-3-12-30(13-4-1)31-22-24-33(25-23-31)48-50-47(32-14-5-2-6-15-32)51-49(52-48)42-28-34(29-44-46(42)41-18-9-10-21-43(41)53-44)35-26-27-40-37-17-8-7-16-36(37)39-20-11-19-38(35)45(39)40/h1-29H. The molecular weight excluding hydrogens is 647 g/mol. The van der Waals surface area contributed by atoms with Crippen molar-refractivity contribution in [2.75, 3.05) is 0 Å². The van der Waals surface area contributed by atoms with Gasteiger partial charge in [0.25, 0.3) is 0 Å². The van der Waals surface area contributed by atoms with Gasteiger partial charge in [-0.15, -0.1) is 0 Å². The van der Waals surface area contributed by atoms with E-state index in [1.54, 1.807) is 0 Å². The van der Waals surface area contributed by atoms with Crippen molar-refractivity contribution in [3.8, 4) is 78.7 Å². The van der Waals surface area contributed by atoms with Gasteiger partial charge in [0.1, 0.15) is 11.2 Å². The molecular formula is C49H29N3O. The zero-order valence-corrected chi connectivity index (χ0v) is 28.5. The maximum Gasteiger partial charge on any atom is 0.164 e. The molecule has 53 heavy (non-hydrogen) atoms. The van der Waals surface area contributed by atoms with E-state index < -0.39 is 0 Å². The molecule has 0 aliphatic heterocycles. The Hall–Kier alpha value is -7.17. The normalized spacial score (nSPS) is 11.8. The topological polar surface area (TPSA) is 51.8 Å². The van der Waals surface area contributed by atoms with Crippen LogP contribution in [0.3, 0.4) is 0 Å². The molecule has 246 valence electrons. The number of nitrogens with zero attached hydrogens (tertiary/aromatic N) is 3. The van der Waals surface area contributed by atoms with Gasteiger partial charge in [0.2, 0.25) is 0 Å². The van der Waals surface area contributed by atoms with Crippen LogP contribution < -0.4 is 0 Å². The van der Waals surface area contributed by atoms with Gasteiger partial charge >= 0.3 is 0 Å². The molecule has 4 heteroatoms. The first-order chi connectivity index (χ1) is 26.3. The molecule has 2 aromatic heterocycles. The number of para-hydroxylation sites is 1. The van der Waals surface area contributed by atoms with Crippen molar-refractivity contribution >= 4 is 32.7 Å². The summed E-state index contributed by atoms with van der Waals surface area (Å²) >= 11 is 0. The van der Waals surface area contributed by atoms with E-state index in [0.717, 1.165) is 55.3 Å². The molecule has 0 saturated heterocycles. The third-order valence-corrected chi connectivity index (χ3v) is 10.5. The van der Waals surface area contributed by atoms with Crippen molar-refractivity contribution in [3.63, 3.8) is 0 Å². The number of hydrogen-bond donors (Lipinski definition) is 0. The minimum absolute atomic E-state index is 0.595. The fourth-order valence-electron chi connectivity index (χ4n) is 8.03. The molecule has 0 fully saturated rings. The van der Waals surface area contributed by atoms with Crippen LogP contribution in [0.1, 0.15) is 0 Å². The van der Waals surface area contributed by atoms with Crippen molar-refractivity contribution in [1.82, 2.24) is 15.0 Å². The quantitative estimate of drug-likeness (QED) is 0.182. The average Bonchev–Trinajstić information content (AvgIpc) is 3.78. The van der Waals surface area contributed by atoms with Crippen LogP contribution in [0, 0.1) is 0 Å². The van der Waals surface area contributed by atoms with Crippen molar-refractivity contribution in [2.24, 2.45) is 0 Å². The first-order valence-corrected chi connectivity index (χ1v) is 17.9. The largest absolute Gasteiger partial charge is 0.456 e. The SMILES string of the molecule is c1ccc(-c2ccc(-c3nc(-c4ccccc4)nc(-c4cc(-c5ccc6c7c(cccc57)-c5ccccc5-6)cc5oc6ccccc6c45)n3)cc2)cc1. The fourth-order valence-corrected chi connectivity index (χ4v) is 8.03. The molecule has 0 N–H and O–H groups in total. The van der Waals surface area contributed by atoms with E-state index in [1.165, 1.54) is 38.6 Å². The molecule has 2 heterocycles. The predicted molar refractivity (Wildman–Crippen MR) is 216 cm³/mol. The van der Waals surface area contributed by atoms with E-state index in [1.807, 2.05) is 48.5 Å². The highest BCUT2D eigenvalue weighted by atomic mass is 16.3. The number of aromatic nitrogens is 3. The lowest BCUT2D eigenvalue weighted by Crippen LogP contribution is -2.00. The van der Waals surface area contributed by atoms with E-state index in [4.69, 9.17) is 19.4 Å². The van der Waals surface area contributed by atoms with Gasteiger partial charge in [-0.05, 0) is 73.5 Å². The highest BCUT2D eigenvalue weighted by Gasteiger charge is 2.24. The lowest BCUT2D eigenvalue weighted by Gasteiger charge is -2.13. The van der Waals surface area contributed by atoms with E-state index in [0.29, 0.717) is 17.5 Å². The Labute approximate surface area is 305 Å². The Balaban J connectivity index is 1.16. The van der Waals surface area contributed by atoms with Crippen LogP contribution in [-0.4, -0.2) is 15.0 Å². The third-order valence-electron chi connectivity index (χ3n) is 10.5. The van der Waals surface area contributed by atoms with Crippen LogP contribution in [-0.2, 0) is 0 Å². The Morgan fingerprint density at radius 1 is 0.283 bits per heavy atom. The predicted octanol–water partition coefficient (Wildman–Crippen LogP) is 12.9. The molecule has 11 rings (SSSR count). The molecule has 1 aliphatic carbocycles. The van der Waals surface area contributed by atoms with Gasteiger partial charge in [0.05, 0.1) is 0 Å². The van der Waals surface area contributed by atoms with Gasteiger partial charge in [0.15, 0.2) is 17.5 Å². The van der Waals surface area contributed by atoms with Crippen LogP contribution in [0.5, 0.6) is 0 Å². The minimum Gasteiger partial charge on any atom is -0.456 e. The Morgan fingerprint density at radius 3 is 1.57 bits per heavy atom. The van der Waals surface area contributed by atoms with Crippen molar-refractivity contribution in [1.29, 1.82) is 0 Å². The summed E-state index contributed by atoms with van der Waals surface area (Å²) in [4.78, 5) is 15.5. The van der Waals surface area contributed by atoms with E-state index in [9.17, 15) is 0 Å². The first-order valence-electron chi connectivity index (χ1n) is 17.9. The smallest absolute Gasteiger partial charge is 0.164 e. The molecule has 0 amide bonds. The summed E-state index contributed by atoms with van der Waals surface area (Å²) in [7, 11) is 0. The number of fused-ring (bicyclic) bond motifs is 6. The molecule has 0 unspecified atom stereocenters. The molecule has 10 aromatic rings. The summed E-state index contributed by atoms with van der Waals surface area (Å²) in [5.74, 6) is 1.83. The lowest BCUT2D eigenvalue weighted by molar-refractivity contribution is 0.669. The zero-order valence-electron chi connectivity index (χ0n) is 28.5. The van der Waals surface area contributed by atoms with Crippen LogP contribution in [0.25, 0.3) is 111 Å². The highest BCUT2D eigenvalue weighted by molar-refractivity contribution is 6.20. The molecule has 0 spiro atoms. The Morgan fingerprint density at radius 2 is 0.811 bits per heavy atom. The zero-order chi connectivity index (χ0) is 34.9. The fraction of sp³-hybridized carbons (Fsp3) is 0. The van der Waals surface area contributed by atoms with Crippen LogP contribution in [0.15, 0.2) is 180 Å². The monoisotopic (exact) mass is 675 g/mol. The highest BCUT2D eigenvalue weighted by Crippen LogP contribution is 2.50. The first kappa shape index (κ1) is 29.5. The van der Waals surface area contributed by atoms with E-state index in [2.05, 4.69) is 127 Å². The van der Waals surface area contributed by atoms with E-state index in [-0.39, 0.29) is 0 Å². The second-order valence-electron chi connectivity index (χ2n) is 13.5. The van der Waals surface area contributed by atoms with Gasteiger partial charge in [0, 0.05) is 27.5 Å². The summed E-state index contributed by atoms with van der Waals surface area (Å²) in [6.45, 7) is 0. The molecule has 0 atom stereocenters. The summed E-state index contributed by atoms with van der Waals surface area (Å²) in [6, 6.07) is 61.5. The van der Waals surface area contributed by atoms with Crippen molar-refractivity contribution in [3.05, 3.63) is 176 Å². The number of furan rings is 1. The van der Waals surface area contributed by atoms with Crippen molar-refractivity contribution in [2.45, 2.75) is 0 Å². The second kappa shape index (κ2) is 11.7. The van der Waals surface area contributed by atoms with Crippen LogP contribution >= 0.6 is 0 Å². The third kappa shape index (κ3) is 4.73. The number of hydrogen-bond acceptors (Lipinski definition) is 4. The number of benzene rings is 8. The lowest BCUT2D eigenvalue weighted by atomic mass is 9.92. The summed E-state index contributed by atoms with van der Waals surface area (Å²) in [5.41, 5.74) is 13.9. The van der Waals surface area contributed by atoms with E-state index >= 15 is 0 Å². The molecule has 8 aromatic carbocycles. The summed E-state index contributed by atoms with van der Waals surface area (Å²) in [6.07, 6.45) is 0. The van der Waals surface area contributed by atoms with Crippen molar-refractivity contribution < 1.29 is 4.42 Å². The molecule has 0 bridgehead atoms. The number of rotatable bonds is 5. The minimum atomic E-state index is 0.595. The Kier molecular flexibility index (Phi) is 6.52. The molecule has 1 aliphatic rings. The van der Waals surface area contributed by atoms with Crippen LogP contribution in [0.2, 0.25) is 0 Å². The second-order valence-corrected chi connectivity index (χ2v) is 13.5. The molecule has 0 saturated carbocycles. The Bertz CT molecular complexity index is 3010. The van der Waals surface area contributed by atoms with Gasteiger partial charge in [-0.25, -0.2) is 15.0 Å². The maximum atomic E-state index is 6.61. The summed E-state index contributed by atoms with van der Waals surface area (Å²) < 4.78 is 6.61. The van der Waals surface area contributed by atoms with Gasteiger partial charge in [-0.1, -0.05) is 158 Å². The van der Waals surface area contributed by atoms with Gasteiger partial charge < -0.3 is 4.42 Å². The van der Waals surface area contributed by atoms with Gasteiger partial charge in [-0.2, -0.15) is 0 Å². The average molecular weight is 676 g/mol. The molecule has 4 nitrogen and oxygen atoms in total. The van der Waals surface area contributed by atoms with Crippen LogP contribution in [0.4, 0.5) is 0 Å². The molecule has 0 radical (unpaired) electrons. The van der Waals surface area contributed by atoms with Gasteiger partial charge in [-0.3, -0.25) is 0 Å². The maximum absolute atomic E-state index is 6.61. The summed E-state index contributed by atoms with van der Waals surface area (Å²) in [5, 5.41) is 4.50.